The molecule has 0 spiro atoms. The molecule has 20 heteroatoms. The van der Waals surface area contributed by atoms with Crippen molar-refractivity contribution in [1.29, 1.82) is 0 Å². The Morgan fingerprint density at radius 1 is 0.611 bits per heavy atom. The van der Waals surface area contributed by atoms with Crippen LogP contribution in [-0.2, 0) is 71.6 Å². The Kier molecular flexibility index (Phi) is 27.2. The molecule has 308 valence electrons. The van der Waals surface area contributed by atoms with E-state index in [9.17, 15) is 47.9 Å². The molecule has 1 aliphatic heterocycles. The number of carbonyl (C=O) groups is 10. The third-order valence-electron chi connectivity index (χ3n) is 5.95. The van der Waals surface area contributed by atoms with Gasteiger partial charge in [-0.15, -0.1) is 0 Å². The Morgan fingerprint density at radius 3 is 1.41 bits per heavy atom. The van der Waals surface area contributed by atoms with E-state index in [4.69, 9.17) is 18.9 Å². The molecule has 0 N–H and O–H groups in total. The van der Waals surface area contributed by atoms with Crippen molar-refractivity contribution >= 4 is 83.1 Å². The van der Waals surface area contributed by atoms with Crippen LogP contribution in [0.25, 0.3) is 0 Å². The van der Waals surface area contributed by atoms with Crippen molar-refractivity contribution in [3.8, 4) is 0 Å². The van der Waals surface area contributed by atoms with Gasteiger partial charge < -0.3 is 28.4 Å². The van der Waals surface area contributed by atoms with Crippen LogP contribution >= 0.6 is 24.4 Å². The molecule has 0 aromatic heterocycles. The smallest absolute Gasteiger partial charge is 0.463 e. The molecule has 1 aliphatic rings. The standard InChI is InChI=1S/C15H24O7S.C10H13NO7.C9H16O3S/c1-9(2)14(18)20-8-21-15(19)23-11(5)12(16)6-7-13(17)22-10(3)4;1-6(2)9(14)16-5-17-10(15)18-11-7(12)3-4-8(11)13;1-6(2)12-9(11)5-4-8(10)7(3)13/h9-11H,6-8H2,1-5H3;6H,3-5H2,1-2H3;6-7,13H,4-5H2,1-3H3. The zero-order valence-electron chi connectivity index (χ0n) is 32.4. The van der Waals surface area contributed by atoms with E-state index in [0.29, 0.717) is 16.8 Å². The molecule has 0 saturated carbocycles. The highest BCUT2D eigenvalue weighted by Gasteiger charge is 2.33. The van der Waals surface area contributed by atoms with Gasteiger partial charge in [0.05, 0.1) is 47.4 Å². The van der Waals surface area contributed by atoms with Crippen LogP contribution in [0.1, 0.15) is 108 Å². The van der Waals surface area contributed by atoms with E-state index in [2.05, 4.69) is 26.9 Å². The highest BCUT2D eigenvalue weighted by molar-refractivity contribution is 8.14. The average molecular weight is 812 g/mol. The first kappa shape index (κ1) is 51.9. The number of rotatable bonds is 18. The lowest BCUT2D eigenvalue weighted by Gasteiger charge is -2.12. The van der Waals surface area contributed by atoms with Crippen LogP contribution in [0.5, 0.6) is 0 Å². The maximum atomic E-state index is 11.8. The zero-order valence-corrected chi connectivity index (χ0v) is 34.1. The predicted molar refractivity (Wildman–Crippen MR) is 193 cm³/mol. The Hall–Kier alpha value is -4.20. The molecule has 0 radical (unpaired) electrons. The second-order valence-corrected chi connectivity index (χ2v) is 14.4. The average Bonchev–Trinajstić information content (AvgIpc) is 3.37. The summed E-state index contributed by atoms with van der Waals surface area (Å²) < 4.78 is 28.1. The first-order chi connectivity index (χ1) is 25.0. The van der Waals surface area contributed by atoms with E-state index in [-0.39, 0.29) is 85.4 Å². The van der Waals surface area contributed by atoms with Crippen LogP contribution in [0.2, 0.25) is 0 Å². The van der Waals surface area contributed by atoms with Gasteiger partial charge in [-0.2, -0.15) is 12.6 Å². The van der Waals surface area contributed by atoms with Crippen LogP contribution in [0.15, 0.2) is 0 Å². The topological polar surface area (TPSA) is 239 Å². The van der Waals surface area contributed by atoms with Crippen LogP contribution in [-0.4, -0.2) is 100 Å². The Balaban J connectivity index is 0. The maximum Gasteiger partial charge on any atom is 0.536 e. The first-order valence-corrected chi connectivity index (χ1v) is 18.4. The fraction of sp³-hybridized carbons (Fsp3) is 0.706. The number of imide groups is 1. The second kappa shape index (κ2) is 28.3. The third kappa shape index (κ3) is 26.5. The molecule has 2 atom stereocenters. The highest BCUT2D eigenvalue weighted by atomic mass is 32.2. The lowest BCUT2D eigenvalue weighted by atomic mass is 10.2. The van der Waals surface area contributed by atoms with Gasteiger partial charge in [-0.25, -0.2) is 9.59 Å². The van der Waals surface area contributed by atoms with Crippen molar-refractivity contribution in [2.75, 3.05) is 13.6 Å². The zero-order chi connectivity index (χ0) is 42.1. The fourth-order valence-electron chi connectivity index (χ4n) is 3.11. The molecule has 1 saturated heterocycles. The largest absolute Gasteiger partial charge is 0.536 e. The van der Waals surface area contributed by atoms with Crippen molar-refractivity contribution in [3.63, 3.8) is 0 Å². The summed E-state index contributed by atoms with van der Waals surface area (Å²) in [5.74, 6) is -3.97. The van der Waals surface area contributed by atoms with Gasteiger partial charge in [0.25, 0.3) is 11.8 Å². The van der Waals surface area contributed by atoms with Gasteiger partial charge in [0.15, 0.2) is 0 Å². The number of ketones is 2. The van der Waals surface area contributed by atoms with Gasteiger partial charge in [-0.1, -0.05) is 32.8 Å². The summed E-state index contributed by atoms with van der Waals surface area (Å²) in [5.41, 5.74) is 0. The number of hydroxylamine groups is 2. The second-order valence-electron chi connectivity index (χ2n) is 12.4. The molecule has 0 aromatic carbocycles. The van der Waals surface area contributed by atoms with Crippen LogP contribution < -0.4 is 0 Å². The van der Waals surface area contributed by atoms with Crippen molar-refractivity contribution in [2.24, 2.45) is 11.8 Å². The number of amides is 2. The number of hydrogen-bond donors (Lipinski definition) is 1. The van der Waals surface area contributed by atoms with Crippen molar-refractivity contribution in [3.05, 3.63) is 0 Å². The lowest BCUT2D eigenvalue weighted by molar-refractivity contribution is -0.183. The van der Waals surface area contributed by atoms with Crippen molar-refractivity contribution in [1.82, 2.24) is 5.06 Å². The number of hydrogen-bond acceptors (Lipinski definition) is 19. The molecular formula is C34H53NO17S2. The lowest BCUT2D eigenvalue weighted by Crippen LogP contribution is -2.32. The van der Waals surface area contributed by atoms with Crippen molar-refractivity contribution < 1.29 is 81.2 Å². The number of ether oxygens (including phenoxy) is 6. The Bertz CT molecular complexity index is 1280. The van der Waals surface area contributed by atoms with Crippen LogP contribution in [0, 0.1) is 11.8 Å². The highest BCUT2D eigenvalue weighted by Crippen LogP contribution is 2.17. The number of thioether (sulfide) groups is 1. The van der Waals surface area contributed by atoms with Gasteiger partial charge in [-0.3, -0.25) is 43.2 Å². The summed E-state index contributed by atoms with van der Waals surface area (Å²) >= 11 is 4.64. The predicted octanol–water partition coefficient (Wildman–Crippen LogP) is 4.67. The Labute approximate surface area is 324 Å². The molecule has 0 aromatic rings. The summed E-state index contributed by atoms with van der Waals surface area (Å²) in [6, 6.07) is 0. The molecule has 54 heavy (non-hydrogen) atoms. The normalized spacial score (nSPS) is 13.1. The van der Waals surface area contributed by atoms with E-state index in [1.54, 1.807) is 69.2 Å². The Morgan fingerprint density at radius 2 is 1.02 bits per heavy atom. The molecule has 0 aliphatic carbocycles. The quantitative estimate of drug-likeness (QED) is 0.0650. The summed E-state index contributed by atoms with van der Waals surface area (Å²) in [6.45, 7) is 15.7. The molecule has 1 rings (SSSR count). The number of thiol groups is 1. The maximum absolute atomic E-state index is 11.8. The third-order valence-corrected chi connectivity index (χ3v) is 7.16. The van der Waals surface area contributed by atoms with E-state index >= 15 is 0 Å². The number of carbonyl (C=O) groups excluding carboxylic acids is 10. The summed E-state index contributed by atoms with van der Waals surface area (Å²) in [5, 5.41) is -1.33. The molecule has 1 heterocycles. The molecule has 2 unspecified atom stereocenters. The number of nitrogens with zero attached hydrogens (tertiary/aromatic N) is 1. The van der Waals surface area contributed by atoms with Crippen LogP contribution in [0.3, 0.4) is 0 Å². The van der Waals surface area contributed by atoms with Crippen LogP contribution in [0.4, 0.5) is 9.59 Å². The van der Waals surface area contributed by atoms with Crippen molar-refractivity contribution in [2.45, 2.75) is 130 Å². The van der Waals surface area contributed by atoms with Gasteiger partial charge >= 0.3 is 35.3 Å². The minimum Gasteiger partial charge on any atom is -0.463 e. The van der Waals surface area contributed by atoms with E-state index in [1.165, 1.54) is 0 Å². The van der Waals surface area contributed by atoms with Gasteiger partial charge in [-0.05, 0) is 53.3 Å². The summed E-state index contributed by atoms with van der Waals surface area (Å²) in [4.78, 5) is 116. The van der Waals surface area contributed by atoms with Gasteiger partial charge in [0.2, 0.25) is 13.6 Å². The minimum absolute atomic E-state index is 0.00463. The molecule has 18 nitrogen and oxygen atoms in total. The SMILES string of the molecule is CC(C)C(=O)OCOC(=O)ON1C(=O)CCC1=O.CC(C)OC(=O)CCC(=O)C(C)S.CC(C)OC(=O)CCC(=O)C(C)SC(=O)OCOC(=O)C(C)C. The molecule has 1 fully saturated rings. The van der Waals surface area contributed by atoms with E-state index in [1.807, 2.05) is 0 Å². The number of esters is 4. The van der Waals surface area contributed by atoms with E-state index < -0.39 is 60.0 Å². The molecular weight excluding hydrogens is 758 g/mol. The summed E-state index contributed by atoms with van der Waals surface area (Å²) in [6.07, 6.45) is -1.29. The van der Waals surface area contributed by atoms with Gasteiger partial charge in [0, 0.05) is 25.7 Å². The minimum atomic E-state index is -1.28. The number of Topliss-reactive ketones (excluding diaryl/α,β-unsaturated/α-hetero) is 2. The fourth-order valence-corrected chi connectivity index (χ4v) is 3.90. The van der Waals surface area contributed by atoms with Gasteiger partial charge in [0.1, 0.15) is 11.6 Å². The first-order valence-electron chi connectivity index (χ1n) is 17.0. The summed E-state index contributed by atoms with van der Waals surface area (Å²) in [7, 11) is 0. The van der Waals surface area contributed by atoms with E-state index in [0.717, 1.165) is 0 Å². The molecule has 2 amide bonds. The monoisotopic (exact) mass is 811 g/mol. The molecule has 0 bridgehead atoms.